The monoisotopic (exact) mass is 113 g/mol. The average Bonchev–Trinajstić information content (AvgIpc) is 1.61. The molecule has 0 amide bonds. The Labute approximate surface area is 47.1 Å². The first-order chi connectivity index (χ1) is 3.63. The van der Waals surface area contributed by atoms with Crippen molar-refractivity contribution in [1.29, 1.82) is 0 Å². The van der Waals surface area contributed by atoms with Crippen molar-refractivity contribution in [2.24, 2.45) is 5.73 Å². The van der Waals surface area contributed by atoms with Gasteiger partial charge in [0.1, 0.15) is 0 Å². The Hall–Kier alpha value is -1.25. The van der Waals surface area contributed by atoms with Crippen LogP contribution in [0.4, 0.5) is 0 Å². The average molecular weight is 113 g/mol. The van der Waals surface area contributed by atoms with Gasteiger partial charge in [-0.25, -0.2) is 4.79 Å². The van der Waals surface area contributed by atoms with Gasteiger partial charge in [0.15, 0.2) is 0 Å². The van der Waals surface area contributed by atoms with E-state index in [1.165, 1.54) is 6.08 Å². The van der Waals surface area contributed by atoms with Gasteiger partial charge in [-0.2, -0.15) is 0 Å². The summed E-state index contributed by atoms with van der Waals surface area (Å²) in [5.41, 5.74) is 5.24. The third kappa shape index (κ3) is 4.75. The van der Waals surface area contributed by atoms with Crippen LogP contribution in [-0.2, 0) is 4.79 Å². The van der Waals surface area contributed by atoms with E-state index in [0.29, 0.717) is 0 Å². The molecule has 0 aliphatic rings. The summed E-state index contributed by atoms with van der Waals surface area (Å²) >= 11 is 0. The Morgan fingerprint density at radius 2 is 2.12 bits per heavy atom. The highest BCUT2D eigenvalue weighted by molar-refractivity contribution is 5.80. The number of nitrogens with two attached hydrogens (primary N) is 1. The van der Waals surface area contributed by atoms with Crippen LogP contribution >= 0.6 is 0 Å². The molecular formula is C5H7NO2. The Balaban J connectivity index is 3.67. The normalized spacial score (nSPS) is 9.50. The second kappa shape index (κ2) is 2.85. The molecule has 0 aromatic carbocycles. The molecule has 8 heavy (non-hydrogen) atoms. The predicted octanol–water partition coefficient (Wildman–Crippen LogP) is 0.0996. The van der Waals surface area contributed by atoms with Gasteiger partial charge in [-0.3, -0.25) is 0 Å². The molecule has 3 heteroatoms. The highest BCUT2D eigenvalue weighted by Gasteiger charge is 1.82. The molecule has 0 bridgehead atoms. The lowest BCUT2D eigenvalue weighted by molar-refractivity contribution is -0.131. The van der Waals surface area contributed by atoms with Crippen LogP contribution in [0.25, 0.3) is 0 Å². The summed E-state index contributed by atoms with van der Waals surface area (Å²) in [6.45, 7) is 3.25. The van der Waals surface area contributed by atoms with Gasteiger partial charge in [-0.1, -0.05) is 6.58 Å². The highest BCUT2D eigenvalue weighted by atomic mass is 16.4. The maximum atomic E-state index is 9.72. The van der Waals surface area contributed by atoms with Crippen LogP contribution in [0.2, 0.25) is 0 Å². The van der Waals surface area contributed by atoms with Crippen LogP contribution in [0.15, 0.2) is 24.4 Å². The van der Waals surface area contributed by atoms with Crippen LogP contribution in [0.1, 0.15) is 0 Å². The van der Waals surface area contributed by atoms with Crippen LogP contribution in [0, 0.1) is 0 Å². The summed E-state index contributed by atoms with van der Waals surface area (Å²) in [7, 11) is 0. The Morgan fingerprint density at radius 3 is 2.25 bits per heavy atom. The van der Waals surface area contributed by atoms with Crippen molar-refractivity contribution in [1.82, 2.24) is 0 Å². The fourth-order valence-electron chi connectivity index (χ4n) is 0.178. The molecule has 0 rings (SSSR count). The minimum absolute atomic E-state index is 0.243. The molecule has 0 atom stereocenters. The molecule has 0 aliphatic heterocycles. The van der Waals surface area contributed by atoms with Crippen molar-refractivity contribution < 1.29 is 9.90 Å². The lowest BCUT2D eigenvalue weighted by Gasteiger charge is -1.80. The number of carboxylic acid groups (broad SMARTS) is 1. The van der Waals surface area contributed by atoms with Crippen molar-refractivity contribution in [3.8, 4) is 0 Å². The second-order valence-corrected chi connectivity index (χ2v) is 1.25. The number of rotatable bonds is 2. The molecule has 0 aromatic rings. The summed E-state index contributed by atoms with van der Waals surface area (Å²) in [6.07, 6.45) is 2.16. The SMILES string of the molecule is C=C(N)C=CC(=O)O. The van der Waals surface area contributed by atoms with Gasteiger partial charge >= 0.3 is 5.97 Å². The van der Waals surface area contributed by atoms with Crippen LogP contribution in [0.3, 0.4) is 0 Å². The molecule has 0 heterocycles. The zero-order valence-electron chi connectivity index (χ0n) is 4.29. The van der Waals surface area contributed by atoms with Gasteiger partial charge < -0.3 is 10.8 Å². The van der Waals surface area contributed by atoms with E-state index in [4.69, 9.17) is 10.8 Å². The zero-order chi connectivity index (χ0) is 6.57. The molecule has 0 spiro atoms. The third-order valence-corrected chi connectivity index (χ3v) is 0.440. The lowest BCUT2D eigenvalue weighted by Crippen LogP contribution is -1.92. The maximum Gasteiger partial charge on any atom is 0.328 e. The van der Waals surface area contributed by atoms with Crippen molar-refractivity contribution in [2.75, 3.05) is 0 Å². The molecule has 0 aliphatic carbocycles. The fraction of sp³-hybridized carbons (Fsp3) is 0. The number of carboxylic acids is 1. The van der Waals surface area contributed by atoms with Crippen molar-refractivity contribution in [3.63, 3.8) is 0 Å². The number of hydrogen-bond donors (Lipinski definition) is 2. The first-order valence-corrected chi connectivity index (χ1v) is 1.98. The van der Waals surface area contributed by atoms with Gasteiger partial charge in [0.2, 0.25) is 0 Å². The molecular weight excluding hydrogens is 106 g/mol. The van der Waals surface area contributed by atoms with E-state index >= 15 is 0 Å². The van der Waals surface area contributed by atoms with Gasteiger partial charge in [-0.15, -0.1) is 0 Å². The maximum absolute atomic E-state index is 9.72. The molecule has 3 N–H and O–H groups in total. The van der Waals surface area contributed by atoms with E-state index < -0.39 is 5.97 Å². The third-order valence-electron chi connectivity index (χ3n) is 0.440. The van der Waals surface area contributed by atoms with Gasteiger partial charge in [0.05, 0.1) is 0 Å². The number of allylic oxidation sites excluding steroid dienone is 1. The summed E-state index contributed by atoms with van der Waals surface area (Å²) in [6, 6.07) is 0. The second-order valence-electron chi connectivity index (χ2n) is 1.25. The number of carbonyl (C=O) groups is 1. The molecule has 3 nitrogen and oxygen atoms in total. The fourth-order valence-corrected chi connectivity index (χ4v) is 0.178. The molecule has 0 radical (unpaired) electrons. The standard InChI is InChI=1S/C5H7NO2/c1-4(6)2-3-5(7)8/h2-3H,1,6H2,(H,7,8). The van der Waals surface area contributed by atoms with Crippen molar-refractivity contribution in [3.05, 3.63) is 24.4 Å². The van der Waals surface area contributed by atoms with E-state index in [0.717, 1.165) is 6.08 Å². The van der Waals surface area contributed by atoms with Gasteiger partial charge in [-0.05, 0) is 6.08 Å². The lowest BCUT2D eigenvalue weighted by atomic mass is 10.4. The van der Waals surface area contributed by atoms with Crippen molar-refractivity contribution in [2.45, 2.75) is 0 Å². The largest absolute Gasteiger partial charge is 0.478 e. The molecule has 0 unspecified atom stereocenters. The first kappa shape index (κ1) is 6.75. The summed E-state index contributed by atoms with van der Waals surface area (Å²) in [4.78, 5) is 9.72. The number of hydrogen-bond acceptors (Lipinski definition) is 2. The van der Waals surface area contributed by atoms with Crippen LogP contribution in [0.5, 0.6) is 0 Å². The van der Waals surface area contributed by atoms with E-state index in [9.17, 15) is 4.79 Å². The molecule has 0 saturated heterocycles. The number of aliphatic carboxylic acids is 1. The zero-order valence-corrected chi connectivity index (χ0v) is 4.29. The summed E-state index contributed by atoms with van der Waals surface area (Å²) in [5.74, 6) is -1.02. The van der Waals surface area contributed by atoms with E-state index in [1.54, 1.807) is 0 Å². The Kier molecular flexibility index (Phi) is 2.40. The first-order valence-electron chi connectivity index (χ1n) is 1.98. The van der Waals surface area contributed by atoms with Gasteiger partial charge in [0.25, 0.3) is 0 Å². The minimum atomic E-state index is -1.02. The summed E-state index contributed by atoms with van der Waals surface area (Å²) in [5, 5.41) is 7.98. The Morgan fingerprint density at radius 1 is 1.62 bits per heavy atom. The summed E-state index contributed by atoms with van der Waals surface area (Å²) < 4.78 is 0. The molecule has 0 saturated carbocycles. The van der Waals surface area contributed by atoms with Crippen molar-refractivity contribution >= 4 is 5.97 Å². The van der Waals surface area contributed by atoms with Crippen LogP contribution in [-0.4, -0.2) is 11.1 Å². The highest BCUT2D eigenvalue weighted by Crippen LogP contribution is 1.78. The predicted molar refractivity (Wildman–Crippen MR) is 30.1 cm³/mol. The minimum Gasteiger partial charge on any atom is -0.478 e. The van der Waals surface area contributed by atoms with Crippen LogP contribution < -0.4 is 5.73 Å². The molecule has 0 fully saturated rings. The smallest absolute Gasteiger partial charge is 0.328 e. The Bertz CT molecular complexity index is 121. The van der Waals surface area contributed by atoms with E-state index in [2.05, 4.69) is 6.58 Å². The molecule has 0 aromatic heterocycles. The quantitative estimate of drug-likeness (QED) is 0.394. The van der Waals surface area contributed by atoms with Gasteiger partial charge in [0, 0.05) is 11.8 Å². The topological polar surface area (TPSA) is 63.3 Å². The van der Waals surface area contributed by atoms with E-state index in [1.807, 2.05) is 0 Å². The molecule has 44 valence electrons. The van der Waals surface area contributed by atoms with E-state index in [-0.39, 0.29) is 5.70 Å².